The number of thiocarbonyl (C=S) groups is 1. The van der Waals surface area contributed by atoms with Crippen LogP contribution in [0.4, 0.5) is 5.69 Å². The molecule has 0 fully saturated rings. The number of amides is 1. The molecule has 18 heavy (non-hydrogen) atoms. The molecule has 96 valence electrons. The summed E-state index contributed by atoms with van der Waals surface area (Å²) in [5.74, 6) is -0.0195. The zero-order valence-corrected chi connectivity index (χ0v) is 11.4. The predicted octanol–water partition coefficient (Wildman–Crippen LogP) is 1.86. The van der Waals surface area contributed by atoms with E-state index in [4.69, 9.17) is 12.2 Å². The minimum Gasteiger partial charge on any atom is -0.359 e. The topological polar surface area (TPSA) is 44.4 Å². The van der Waals surface area contributed by atoms with Crippen LogP contribution in [-0.2, 0) is 0 Å². The lowest BCUT2D eigenvalue weighted by Crippen LogP contribution is -2.28. The monoisotopic (exact) mass is 263 g/mol. The van der Waals surface area contributed by atoms with E-state index in [-0.39, 0.29) is 5.91 Å². The molecule has 5 heteroatoms. The SMILES string of the molecule is C=CCNC(=S)Nc1ccc(C(=O)N(C)C)cc1. The molecular formula is C13H17N3OS. The van der Waals surface area contributed by atoms with Crippen molar-refractivity contribution in [3.8, 4) is 0 Å². The number of benzene rings is 1. The van der Waals surface area contributed by atoms with Crippen LogP contribution in [0.3, 0.4) is 0 Å². The Labute approximate surface area is 113 Å². The summed E-state index contributed by atoms with van der Waals surface area (Å²) in [4.78, 5) is 13.2. The second kappa shape index (κ2) is 6.76. The van der Waals surface area contributed by atoms with E-state index in [0.29, 0.717) is 17.2 Å². The van der Waals surface area contributed by atoms with Gasteiger partial charge in [0.2, 0.25) is 0 Å². The van der Waals surface area contributed by atoms with E-state index >= 15 is 0 Å². The standard InChI is InChI=1S/C13H17N3OS/c1-4-9-14-13(18)15-11-7-5-10(6-8-11)12(17)16(2)3/h4-8H,1,9H2,2-3H3,(H2,14,15,18). The maximum atomic E-state index is 11.7. The van der Waals surface area contributed by atoms with Gasteiger partial charge in [-0.3, -0.25) is 4.79 Å². The normalized spacial score (nSPS) is 9.44. The van der Waals surface area contributed by atoms with E-state index in [1.165, 1.54) is 0 Å². The molecule has 0 atom stereocenters. The number of carbonyl (C=O) groups is 1. The van der Waals surface area contributed by atoms with Gasteiger partial charge in [0.05, 0.1) is 0 Å². The van der Waals surface area contributed by atoms with E-state index in [1.807, 2.05) is 12.1 Å². The third-order valence-corrected chi connectivity index (χ3v) is 2.45. The van der Waals surface area contributed by atoms with Gasteiger partial charge in [-0.1, -0.05) is 6.08 Å². The molecule has 0 radical (unpaired) electrons. The Morgan fingerprint density at radius 3 is 2.50 bits per heavy atom. The zero-order valence-electron chi connectivity index (χ0n) is 10.6. The highest BCUT2D eigenvalue weighted by atomic mass is 32.1. The van der Waals surface area contributed by atoms with Crippen molar-refractivity contribution < 1.29 is 4.79 Å². The molecule has 0 spiro atoms. The van der Waals surface area contributed by atoms with E-state index < -0.39 is 0 Å². The number of nitrogens with one attached hydrogen (secondary N) is 2. The lowest BCUT2D eigenvalue weighted by molar-refractivity contribution is 0.0827. The number of hydrogen-bond donors (Lipinski definition) is 2. The smallest absolute Gasteiger partial charge is 0.253 e. The molecule has 0 saturated heterocycles. The van der Waals surface area contributed by atoms with Crippen molar-refractivity contribution in [2.75, 3.05) is 26.0 Å². The second-order valence-corrected chi connectivity index (χ2v) is 4.31. The maximum Gasteiger partial charge on any atom is 0.253 e. The molecule has 0 unspecified atom stereocenters. The van der Waals surface area contributed by atoms with Crippen molar-refractivity contribution in [3.63, 3.8) is 0 Å². The van der Waals surface area contributed by atoms with Crippen LogP contribution < -0.4 is 10.6 Å². The molecule has 0 bridgehead atoms. The molecule has 0 aliphatic heterocycles. The van der Waals surface area contributed by atoms with Crippen molar-refractivity contribution in [2.45, 2.75) is 0 Å². The fourth-order valence-corrected chi connectivity index (χ4v) is 1.50. The van der Waals surface area contributed by atoms with E-state index in [1.54, 1.807) is 37.2 Å². The summed E-state index contributed by atoms with van der Waals surface area (Å²) >= 11 is 5.08. The number of rotatable bonds is 4. The van der Waals surface area contributed by atoms with E-state index in [9.17, 15) is 4.79 Å². The molecule has 1 rings (SSSR count). The summed E-state index contributed by atoms with van der Waals surface area (Å²) in [7, 11) is 3.45. The van der Waals surface area contributed by atoms with Crippen LogP contribution in [0.15, 0.2) is 36.9 Å². The quantitative estimate of drug-likeness (QED) is 0.643. The first-order valence-electron chi connectivity index (χ1n) is 5.52. The molecule has 1 amide bonds. The highest BCUT2D eigenvalue weighted by Gasteiger charge is 2.07. The van der Waals surface area contributed by atoms with Crippen molar-refractivity contribution in [2.24, 2.45) is 0 Å². The van der Waals surface area contributed by atoms with Gasteiger partial charge in [-0.2, -0.15) is 0 Å². The van der Waals surface area contributed by atoms with Crippen LogP contribution in [0.1, 0.15) is 10.4 Å². The molecule has 1 aromatic carbocycles. The van der Waals surface area contributed by atoms with Crippen LogP contribution in [0.2, 0.25) is 0 Å². The van der Waals surface area contributed by atoms with Gasteiger partial charge in [0, 0.05) is 31.9 Å². The number of anilines is 1. The minimum atomic E-state index is -0.0195. The molecule has 0 aliphatic rings. The van der Waals surface area contributed by atoms with Crippen molar-refractivity contribution >= 4 is 28.9 Å². The van der Waals surface area contributed by atoms with Gasteiger partial charge >= 0.3 is 0 Å². The summed E-state index contributed by atoms with van der Waals surface area (Å²) in [6, 6.07) is 7.17. The minimum absolute atomic E-state index is 0.0195. The van der Waals surface area contributed by atoms with Gasteiger partial charge in [-0.25, -0.2) is 0 Å². The van der Waals surface area contributed by atoms with Gasteiger partial charge in [-0.15, -0.1) is 6.58 Å². The first-order chi connectivity index (χ1) is 8.54. The fraction of sp³-hybridized carbons (Fsp3) is 0.231. The van der Waals surface area contributed by atoms with Gasteiger partial charge in [0.1, 0.15) is 0 Å². The largest absolute Gasteiger partial charge is 0.359 e. The van der Waals surface area contributed by atoms with Gasteiger partial charge < -0.3 is 15.5 Å². The lowest BCUT2D eigenvalue weighted by atomic mass is 10.2. The highest BCUT2D eigenvalue weighted by molar-refractivity contribution is 7.80. The number of carbonyl (C=O) groups excluding carboxylic acids is 1. The highest BCUT2D eigenvalue weighted by Crippen LogP contribution is 2.10. The van der Waals surface area contributed by atoms with E-state index in [0.717, 1.165) is 5.69 Å². The molecule has 2 N–H and O–H groups in total. The Hall–Kier alpha value is -1.88. The molecule has 4 nitrogen and oxygen atoms in total. The summed E-state index contributed by atoms with van der Waals surface area (Å²) in [6.07, 6.45) is 1.73. The molecule has 0 aromatic heterocycles. The van der Waals surface area contributed by atoms with Gasteiger partial charge in [0.25, 0.3) is 5.91 Å². The summed E-state index contributed by atoms with van der Waals surface area (Å²) in [5, 5.41) is 6.51. The third-order valence-electron chi connectivity index (χ3n) is 2.20. The molecule has 0 aliphatic carbocycles. The summed E-state index contributed by atoms with van der Waals surface area (Å²) in [6.45, 7) is 4.21. The van der Waals surface area contributed by atoms with Crippen molar-refractivity contribution in [1.82, 2.24) is 10.2 Å². The Bertz CT molecular complexity index is 440. The van der Waals surface area contributed by atoms with Gasteiger partial charge in [0.15, 0.2) is 5.11 Å². The average molecular weight is 263 g/mol. The molecule has 1 aromatic rings. The van der Waals surface area contributed by atoms with Crippen LogP contribution in [0, 0.1) is 0 Å². The van der Waals surface area contributed by atoms with Crippen LogP contribution >= 0.6 is 12.2 Å². The van der Waals surface area contributed by atoms with Gasteiger partial charge in [-0.05, 0) is 36.5 Å². The lowest BCUT2D eigenvalue weighted by Gasteiger charge is -2.12. The van der Waals surface area contributed by atoms with E-state index in [2.05, 4.69) is 17.2 Å². The fourth-order valence-electron chi connectivity index (χ4n) is 1.29. The third kappa shape index (κ3) is 4.18. The molecular weight excluding hydrogens is 246 g/mol. The Morgan fingerprint density at radius 1 is 1.39 bits per heavy atom. The molecule has 0 saturated carbocycles. The Morgan fingerprint density at radius 2 is 2.00 bits per heavy atom. The zero-order chi connectivity index (χ0) is 13.5. The average Bonchev–Trinajstić information content (AvgIpc) is 2.36. The van der Waals surface area contributed by atoms with Crippen molar-refractivity contribution in [1.29, 1.82) is 0 Å². The first-order valence-corrected chi connectivity index (χ1v) is 5.93. The second-order valence-electron chi connectivity index (χ2n) is 3.90. The maximum absolute atomic E-state index is 11.7. The van der Waals surface area contributed by atoms with Crippen LogP contribution in [0.5, 0.6) is 0 Å². The van der Waals surface area contributed by atoms with Crippen molar-refractivity contribution in [3.05, 3.63) is 42.5 Å². The Balaban J connectivity index is 2.63. The predicted molar refractivity (Wildman–Crippen MR) is 78.9 cm³/mol. The van der Waals surface area contributed by atoms with Crippen LogP contribution in [-0.4, -0.2) is 36.6 Å². The Kier molecular flexibility index (Phi) is 5.32. The number of nitrogens with zero attached hydrogens (tertiary/aromatic N) is 1. The summed E-state index contributed by atoms with van der Waals surface area (Å²) < 4.78 is 0. The summed E-state index contributed by atoms with van der Waals surface area (Å²) in [5.41, 5.74) is 1.49. The van der Waals surface area contributed by atoms with Crippen LogP contribution in [0.25, 0.3) is 0 Å². The first kappa shape index (κ1) is 14.2. The molecule has 0 heterocycles. The number of hydrogen-bond acceptors (Lipinski definition) is 2.